The number of urea groups is 1. The second-order valence-corrected chi connectivity index (χ2v) is 8.16. The second kappa shape index (κ2) is 8.18. The van der Waals surface area contributed by atoms with Crippen molar-refractivity contribution >= 4 is 23.5 Å². The molecule has 2 aliphatic rings. The van der Waals surface area contributed by atoms with E-state index in [-0.39, 0.29) is 23.9 Å². The minimum absolute atomic E-state index is 0.0949. The van der Waals surface area contributed by atoms with Crippen molar-refractivity contribution in [2.75, 3.05) is 11.9 Å². The van der Waals surface area contributed by atoms with E-state index in [1.54, 1.807) is 4.90 Å². The number of carbonyl (C=O) groups excluding carboxylic acids is 3. The van der Waals surface area contributed by atoms with Crippen LogP contribution in [0.4, 0.5) is 10.5 Å². The summed E-state index contributed by atoms with van der Waals surface area (Å²) in [5.41, 5.74) is 3.85. The quantitative estimate of drug-likeness (QED) is 0.727. The van der Waals surface area contributed by atoms with Crippen LogP contribution < -0.4 is 16.0 Å². The molecule has 0 aromatic heterocycles. The Hall–Kier alpha value is -3.35. The molecule has 30 heavy (non-hydrogen) atoms. The average molecular weight is 406 g/mol. The van der Waals surface area contributed by atoms with Crippen molar-refractivity contribution in [1.29, 1.82) is 0 Å². The molecule has 0 unspecified atom stereocenters. The zero-order valence-corrected chi connectivity index (χ0v) is 17.1. The van der Waals surface area contributed by atoms with Crippen molar-refractivity contribution in [2.24, 2.45) is 0 Å². The van der Waals surface area contributed by atoms with Crippen molar-refractivity contribution in [3.8, 4) is 0 Å². The number of benzene rings is 2. The number of nitrogens with zero attached hydrogens (tertiary/aromatic N) is 1. The lowest BCUT2D eigenvalue weighted by molar-refractivity contribution is -0.147. The van der Waals surface area contributed by atoms with Crippen molar-refractivity contribution in [1.82, 2.24) is 15.5 Å². The molecule has 2 saturated heterocycles. The number of hydrogen-bond acceptors (Lipinski definition) is 3. The van der Waals surface area contributed by atoms with Crippen LogP contribution in [0.25, 0.3) is 0 Å². The third kappa shape index (κ3) is 4.30. The maximum atomic E-state index is 12.9. The number of nitrogens with one attached hydrogen (secondary N) is 3. The van der Waals surface area contributed by atoms with Gasteiger partial charge in [0.05, 0.1) is 6.04 Å². The van der Waals surface area contributed by atoms with Gasteiger partial charge in [0, 0.05) is 18.7 Å². The molecule has 3 N–H and O–H groups in total. The molecule has 0 bridgehead atoms. The van der Waals surface area contributed by atoms with E-state index in [0.29, 0.717) is 19.4 Å². The molecule has 3 atom stereocenters. The molecule has 4 rings (SSSR count). The van der Waals surface area contributed by atoms with Crippen LogP contribution in [0, 0.1) is 13.8 Å². The third-order valence-corrected chi connectivity index (χ3v) is 5.60. The highest BCUT2D eigenvalue weighted by Gasteiger charge is 2.46. The lowest BCUT2D eigenvalue weighted by atomic mass is 10.0. The number of piperazine rings is 1. The van der Waals surface area contributed by atoms with Crippen LogP contribution >= 0.6 is 0 Å². The SMILES string of the molecule is Cc1cc(C)cc(NC(=O)N[C@H]2C[C@H]3C(=O)N[C@@H](Cc4ccccc4)C(=O)N3C2)c1. The molecule has 156 valence electrons. The van der Waals surface area contributed by atoms with Crippen LogP contribution in [0.5, 0.6) is 0 Å². The zero-order chi connectivity index (χ0) is 21.3. The number of fused-ring (bicyclic) bond motifs is 1. The lowest BCUT2D eigenvalue weighted by Gasteiger charge is -2.34. The molecule has 0 spiro atoms. The van der Waals surface area contributed by atoms with Crippen molar-refractivity contribution < 1.29 is 14.4 Å². The van der Waals surface area contributed by atoms with Crippen molar-refractivity contribution in [3.63, 3.8) is 0 Å². The van der Waals surface area contributed by atoms with Gasteiger partial charge in [-0.05, 0) is 49.1 Å². The fourth-order valence-corrected chi connectivity index (χ4v) is 4.35. The largest absolute Gasteiger partial charge is 0.342 e. The van der Waals surface area contributed by atoms with Crippen LogP contribution in [0.15, 0.2) is 48.5 Å². The summed E-state index contributed by atoms with van der Waals surface area (Å²) in [6.45, 7) is 4.28. The number of rotatable bonds is 4. The fourth-order valence-electron chi connectivity index (χ4n) is 4.35. The lowest BCUT2D eigenvalue weighted by Crippen LogP contribution is -2.61. The summed E-state index contributed by atoms with van der Waals surface area (Å²) in [7, 11) is 0. The Morgan fingerprint density at radius 1 is 1.10 bits per heavy atom. The van der Waals surface area contributed by atoms with Crippen LogP contribution in [0.3, 0.4) is 0 Å². The Balaban J connectivity index is 1.38. The molecular weight excluding hydrogens is 380 g/mol. The predicted molar refractivity (Wildman–Crippen MR) is 114 cm³/mol. The number of aryl methyl sites for hydroxylation is 2. The molecular formula is C23H26N4O3. The van der Waals surface area contributed by atoms with E-state index < -0.39 is 12.1 Å². The van der Waals surface area contributed by atoms with Gasteiger partial charge in [0.1, 0.15) is 12.1 Å². The fraction of sp³-hybridized carbons (Fsp3) is 0.348. The monoisotopic (exact) mass is 406 g/mol. The van der Waals surface area contributed by atoms with E-state index in [2.05, 4.69) is 16.0 Å². The summed E-state index contributed by atoms with van der Waals surface area (Å²) in [4.78, 5) is 39.6. The van der Waals surface area contributed by atoms with Gasteiger partial charge in [0.2, 0.25) is 11.8 Å². The first kappa shape index (κ1) is 19.9. The van der Waals surface area contributed by atoms with Gasteiger partial charge in [-0.2, -0.15) is 0 Å². The highest BCUT2D eigenvalue weighted by atomic mass is 16.2. The van der Waals surface area contributed by atoms with Gasteiger partial charge in [-0.15, -0.1) is 0 Å². The Kier molecular flexibility index (Phi) is 5.44. The van der Waals surface area contributed by atoms with Crippen molar-refractivity contribution in [2.45, 2.75) is 44.8 Å². The highest BCUT2D eigenvalue weighted by molar-refractivity contribution is 5.98. The molecule has 0 saturated carbocycles. The Morgan fingerprint density at radius 3 is 2.50 bits per heavy atom. The van der Waals surface area contributed by atoms with Gasteiger partial charge >= 0.3 is 6.03 Å². The van der Waals surface area contributed by atoms with Crippen LogP contribution in [-0.2, 0) is 16.0 Å². The molecule has 4 amide bonds. The average Bonchev–Trinajstić information content (AvgIpc) is 3.10. The van der Waals surface area contributed by atoms with Gasteiger partial charge < -0.3 is 20.9 Å². The Bertz CT molecular complexity index is 955. The second-order valence-electron chi connectivity index (χ2n) is 8.16. The summed E-state index contributed by atoms with van der Waals surface area (Å²) in [6, 6.07) is 13.8. The zero-order valence-electron chi connectivity index (χ0n) is 17.1. The normalized spacial score (nSPS) is 23.0. The first-order valence-corrected chi connectivity index (χ1v) is 10.2. The van der Waals surface area contributed by atoms with E-state index >= 15 is 0 Å². The maximum Gasteiger partial charge on any atom is 0.319 e. The van der Waals surface area contributed by atoms with Gasteiger partial charge in [-0.3, -0.25) is 9.59 Å². The van der Waals surface area contributed by atoms with Gasteiger partial charge in [0.25, 0.3) is 0 Å². The van der Waals surface area contributed by atoms with Crippen LogP contribution in [0.1, 0.15) is 23.1 Å². The first-order valence-electron chi connectivity index (χ1n) is 10.2. The van der Waals surface area contributed by atoms with E-state index in [1.807, 2.05) is 62.4 Å². The first-order chi connectivity index (χ1) is 14.4. The summed E-state index contributed by atoms with van der Waals surface area (Å²) >= 11 is 0. The van der Waals surface area contributed by atoms with Crippen LogP contribution in [0.2, 0.25) is 0 Å². The Labute approximate surface area is 175 Å². The molecule has 2 aromatic carbocycles. The minimum atomic E-state index is -0.570. The maximum absolute atomic E-state index is 12.9. The van der Waals surface area contributed by atoms with E-state index in [4.69, 9.17) is 0 Å². The predicted octanol–water partition coefficient (Wildman–Crippen LogP) is 2.14. The summed E-state index contributed by atoms with van der Waals surface area (Å²) in [5.74, 6) is -0.253. The number of carbonyl (C=O) groups is 3. The van der Waals surface area contributed by atoms with E-state index in [9.17, 15) is 14.4 Å². The molecule has 2 aromatic rings. The number of amides is 4. The highest BCUT2D eigenvalue weighted by Crippen LogP contribution is 2.24. The summed E-state index contributed by atoms with van der Waals surface area (Å²) in [5, 5.41) is 8.60. The van der Waals surface area contributed by atoms with Crippen molar-refractivity contribution in [3.05, 3.63) is 65.2 Å². The molecule has 0 radical (unpaired) electrons. The number of anilines is 1. The standard InChI is InChI=1S/C23H26N4O3/c1-14-8-15(2)10-17(9-14)24-23(30)25-18-12-20-21(28)26-19(22(29)27(20)13-18)11-16-6-4-3-5-7-16/h3-10,18-20H,11-13H2,1-2H3,(H,26,28)(H2,24,25,30)/t18-,19-,20-/m0/s1. The number of hydrogen-bond donors (Lipinski definition) is 3. The van der Waals surface area contributed by atoms with Gasteiger partial charge in [-0.25, -0.2) is 4.79 Å². The van der Waals surface area contributed by atoms with Gasteiger partial charge in [-0.1, -0.05) is 36.4 Å². The van der Waals surface area contributed by atoms with E-state index in [0.717, 1.165) is 22.4 Å². The minimum Gasteiger partial charge on any atom is -0.342 e. The summed E-state index contributed by atoms with van der Waals surface area (Å²) in [6.07, 6.45) is 0.871. The molecule has 7 heteroatoms. The van der Waals surface area contributed by atoms with Crippen LogP contribution in [-0.4, -0.2) is 47.4 Å². The molecule has 7 nitrogen and oxygen atoms in total. The van der Waals surface area contributed by atoms with E-state index in [1.165, 1.54) is 0 Å². The summed E-state index contributed by atoms with van der Waals surface area (Å²) < 4.78 is 0. The smallest absolute Gasteiger partial charge is 0.319 e. The topological polar surface area (TPSA) is 90.5 Å². The van der Waals surface area contributed by atoms with Gasteiger partial charge in [0.15, 0.2) is 0 Å². The molecule has 2 fully saturated rings. The Morgan fingerprint density at radius 2 is 1.80 bits per heavy atom. The molecule has 2 aliphatic heterocycles. The third-order valence-electron chi connectivity index (χ3n) is 5.60. The molecule has 2 heterocycles. The molecule has 0 aliphatic carbocycles.